The number of aliphatic carboxylic acids is 1. The molecule has 0 fully saturated rings. The molecule has 0 amide bonds. The number of hydrogen-bond acceptors (Lipinski definition) is 4. The lowest BCUT2D eigenvalue weighted by Crippen LogP contribution is -2.06. The maximum absolute atomic E-state index is 10.4. The summed E-state index contributed by atoms with van der Waals surface area (Å²) in [6, 6.07) is 0. The van der Waals surface area contributed by atoms with Gasteiger partial charge in [0.05, 0.1) is 6.42 Å². The van der Waals surface area contributed by atoms with E-state index in [-0.39, 0.29) is 11.7 Å². The van der Waals surface area contributed by atoms with Crippen LogP contribution < -0.4 is 0 Å². The highest BCUT2D eigenvalue weighted by atomic mass is 127. The first-order valence-corrected chi connectivity index (χ1v) is 5.90. The number of halogens is 1. The van der Waals surface area contributed by atoms with Gasteiger partial charge in [-0.25, -0.2) is 9.97 Å². The molecule has 1 N–H and O–H groups in total. The smallest absolute Gasteiger partial charge is 0.304 e. The number of nitrogens with zero attached hydrogens (tertiary/aromatic N) is 2. The monoisotopic (exact) mass is 324 g/mol. The predicted molar refractivity (Wildman–Crippen MR) is 62.3 cm³/mol. The topological polar surface area (TPSA) is 63.1 Å². The molecule has 1 unspecified atom stereocenters. The molecule has 0 radical (unpaired) electrons. The Labute approximate surface area is 99.7 Å². The first-order valence-electron chi connectivity index (χ1n) is 3.94. The van der Waals surface area contributed by atoms with Gasteiger partial charge in [0.15, 0.2) is 5.16 Å². The molecule has 0 aliphatic rings. The second kappa shape index (κ2) is 5.50. The molecule has 1 atom stereocenters. The Bertz CT molecular complexity index is 318. The molecule has 4 nitrogen and oxygen atoms in total. The van der Waals surface area contributed by atoms with E-state index in [1.54, 1.807) is 12.4 Å². The second-order valence-electron chi connectivity index (χ2n) is 2.71. The van der Waals surface area contributed by atoms with E-state index in [1.165, 1.54) is 11.8 Å². The molecule has 1 heterocycles. The average Bonchev–Trinajstić information content (AvgIpc) is 2.07. The molecule has 0 saturated carbocycles. The van der Waals surface area contributed by atoms with E-state index in [2.05, 4.69) is 32.6 Å². The fraction of sp³-hybridized carbons (Fsp3) is 0.375. The van der Waals surface area contributed by atoms with Crippen LogP contribution in [0, 0.1) is 3.57 Å². The van der Waals surface area contributed by atoms with Gasteiger partial charge in [0.2, 0.25) is 0 Å². The maximum Gasteiger partial charge on any atom is 0.304 e. The number of hydrogen-bond donors (Lipinski definition) is 1. The molecule has 6 heteroatoms. The minimum atomic E-state index is -0.796. The first-order chi connectivity index (χ1) is 6.58. The summed E-state index contributed by atoms with van der Waals surface area (Å²) in [6.45, 7) is 1.85. The van der Waals surface area contributed by atoms with Crippen molar-refractivity contribution in [1.29, 1.82) is 0 Å². The van der Waals surface area contributed by atoms with Gasteiger partial charge in [0, 0.05) is 21.2 Å². The van der Waals surface area contributed by atoms with E-state index < -0.39 is 5.97 Å². The zero-order chi connectivity index (χ0) is 10.6. The molecule has 0 spiro atoms. The zero-order valence-electron chi connectivity index (χ0n) is 7.48. The minimum Gasteiger partial charge on any atom is -0.481 e. The number of aromatic nitrogens is 2. The van der Waals surface area contributed by atoms with E-state index in [0.717, 1.165) is 3.57 Å². The van der Waals surface area contributed by atoms with E-state index in [4.69, 9.17) is 5.11 Å². The lowest BCUT2D eigenvalue weighted by atomic mass is 10.3. The Kier molecular flexibility index (Phi) is 4.59. The molecule has 1 aromatic heterocycles. The predicted octanol–water partition coefficient (Wildman–Crippen LogP) is 2.04. The van der Waals surface area contributed by atoms with Gasteiger partial charge in [0.25, 0.3) is 0 Å². The summed E-state index contributed by atoms with van der Waals surface area (Å²) in [5, 5.41) is 9.17. The van der Waals surface area contributed by atoms with Crippen LogP contribution in [-0.2, 0) is 4.79 Å². The SMILES string of the molecule is CC(CC(=O)O)Sc1ncc(I)cn1. The van der Waals surface area contributed by atoms with Crippen LogP contribution >= 0.6 is 34.4 Å². The molecule has 14 heavy (non-hydrogen) atoms. The molecular weight excluding hydrogens is 315 g/mol. The van der Waals surface area contributed by atoms with Crippen LogP contribution in [0.4, 0.5) is 0 Å². The fourth-order valence-electron chi connectivity index (χ4n) is 0.829. The molecule has 0 aliphatic heterocycles. The summed E-state index contributed by atoms with van der Waals surface area (Å²) >= 11 is 3.50. The van der Waals surface area contributed by atoms with Crippen LogP contribution in [0.3, 0.4) is 0 Å². The van der Waals surface area contributed by atoms with Crippen LogP contribution in [0.15, 0.2) is 17.6 Å². The minimum absolute atomic E-state index is 0.00689. The highest BCUT2D eigenvalue weighted by molar-refractivity contribution is 14.1. The van der Waals surface area contributed by atoms with Crippen LogP contribution in [-0.4, -0.2) is 26.3 Å². The summed E-state index contributed by atoms with van der Waals surface area (Å²) in [7, 11) is 0. The van der Waals surface area contributed by atoms with Gasteiger partial charge in [0.1, 0.15) is 0 Å². The molecule has 0 bridgehead atoms. The van der Waals surface area contributed by atoms with Crippen LogP contribution in [0.1, 0.15) is 13.3 Å². The standard InChI is InChI=1S/C8H9IN2O2S/c1-5(2-7(12)13)14-8-10-3-6(9)4-11-8/h3-5H,2H2,1H3,(H,12,13). The van der Waals surface area contributed by atoms with Crippen LogP contribution in [0.2, 0.25) is 0 Å². The third kappa shape index (κ3) is 4.23. The molecule has 76 valence electrons. The Hall–Kier alpha value is -0.370. The Morgan fingerprint density at radius 1 is 1.64 bits per heavy atom. The second-order valence-corrected chi connectivity index (χ2v) is 5.36. The molecule has 1 rings (SSSR count). The fourth-order valence-corrected chi connectivity index (χ4v) is 1.92. The van der Waals surface area contributed by atoms with Gasteiger partial charge in [-0.2, -0.15) is 0 Å². The lowest BCUT2D eigenvalue weighted by molar-refractivity contribution is -0.136. The highest BCUT2D eigenvalue weighted by Crippen LogP contribution is 2.21. The molecule has 0 aromatic carbocycles. The molecule has 0 aliphatic carbocycles. The van der Waals surface area contributed by atoms with E-state index in [0.29, 0.717) is 5.16 Å². The van der Waals surface area contributed by atoms with Crippen molar-refractivity contribution in [2.45, 2.75) is 23.8 Å². The van der Waals surface area contributed by atoms with E-state index in [1.807, 2.05) is 6.92 Å². The van der Waals surface area contributed by atoms with Crippen LogP contribution in [0.5, 0.6) is 0 Å². The third-order valence-electron chi connectivity index (χ3n) is 1.37. The normalized spacial score (nSPS) is 12.4. The number of carbonyl (C=O) groups is 1. The van der Waals surface area contributed by atoms with Crippen molar-refractivity contribution >= 4 is 40.3 Å². The largest absolute Gasteiger partial charge is 0.481 e. The maximum atomic E-state index is 10.4. The van der Waals surface area contributed by atoms with Crippen molar-refractivity contribution in [2.75, 3.05) is 0 Å². The van der Waals surface area contributed by atoms with Crippen molar-refractivity contribution in [1.82, 2.24) is 9.97 Å². The van der Waals surface area contributed by atoms with Crippen molar-refractivity contribution in [3.05, 3.63) is 16.0 Å². The van der Waals surface area contributed by atoms with E-state index in [9.17, 15) is 4.79 Å². The average molecular weight is 324 g/mol. The summed E-state index contributed by atoms with van der Waals surface area (Å²) < 4.78 is 0.970. The Morgan fingerprint density at radius 2 is 2.21 bits per heavy atom. The zero-order valence-corrected chi connectivity index (χ0v) is 10.4. The van der Waals surface area contributed by atoms with Crippen molar-refractivity contribution < 1.29 is 9.90 Å². The van der Waals surface area contributed by atoms with Gasteiger partial charge >= 0.3 is 5.97 Å². The summed E-state index contributed by atoms with van der Waals surface area (Å²) in [4.78, 5) is 18.6. The van der Waals surface area contributed by atoms with Gasteiger partial charge in [-0.05, 0) is 22.6 Å². The Morgan fingerprint density at radius 3 is 2.71 bits per heavy atom. The van der Waals surface area contributed by atoms with E-state index >= 15 is 0 Å². The Balaban J connectivity index is 2.51. The van der Waals surface area contributed by atoms with Crippen molar-refractivity contribution in [3.8, 4) is 0 Å². The quantitative estimate of drug-likeness (QED) is 0.522. The highest BCUT2D eigenvalue weighted by Gasteiger charge is 2.10. The number of rotatable bonds is 4. The summed E-state index contributed by atoms with van der Waals surface area (Å²) in [5.41, 5.74) is 0. The molecular formula is C8H9IN2O2S. The number of carboxylic acids is 1. The number of carboxylic acid groups (broad SMARTS) is 1. The number of thioether (sulfide) groups is 1. The van der Waals surface area contributed by atoms with Gasteiger partial charge in [-0.3, -0.25) is 4.79 Å². The van der Waals surface area contributed by atoms with Gasteiger partial charge < -0.3 is 5.11 Å². The van der Waals surface area contributed by atoms with Gasteiger partial charge in [-0.1, -0.05) is 18.7 Å². The van der Waals surface area contributed by atoms with Gasteiger partial charge in [-0.15, -0.1) is 0 Å². The molecule has 0 saturated heterocycles. The van der Waals surface area contributed by atoms with Crippen molar-refractivity contribution in [2.24, 2.45) is 0 Å². The lowest BCUT2D eigenvalue weighted by Gasteiger charge is -2.05. The summed E-state index contributed by atoms with van der Waals surface area (Å²) in [5.74, 6) is -0.796. The van der Waals surface area contributed by atoms with Crippen LogP contribution in [0.25, 0.3) is 0 Å². The van der Waals surface area contributed by atoms with Crippen molar-refractivity contribution in [3.63, 3.8) is 0 Å². The first kappa shape index (κ1) is 11.7. The summed E-state index contributed by atoms with van der Waals surface area (Å²) in [6.07, 6.45) is 3.55. The third-order valence-corrected chi connectivity index (χ3v) is 2.91. The molecule has 1 aromatic rings.